The summed E-state index contributed by atoms with van der Waals surface area (Å²) in [6.07, 6.45) is 2.87. The lowest BCUT2D eigenvalue weighted by Gasteiger charge is -2.31. The zero-order chi connectivity index (χ0) is 13.3. The maximum absolute atomic E-state index is 14.0. The largest absolute Gasteiger partial charge is 0.478 e. The number of benzene rings is 1. The van der Waals surface area contributed by atoms with E-state index in [1.807, 2.05) is 11.8 Å². The van der Waals surface area contributed by atoms with Gasteiger partial charge in [-0.1, -0.05) is 13.0 Å². The van der Waals surface area contributed by atoms with Crippen LogP contribution in [0.3, 0.4) is 0 Å². The summed E-state index contributed by atoms with van der Waals surface area (Å²) >= 11 is 0. The molecule has 1 N–H and O–H groups in total. The van der Waals surface area contributed by atoms with Crippen LogP contribution in [-0.4, -0.2) is 23.2 Å². The number of hydrogen-bond donors (Lipinski definition) is 1. The van der Waals surface area contributed by atoms with Crippen LogP contribution in [0.1, 0.15) is 43.5 Å². The Labute approximate surface area is 106 Å². The van der Waals surface area contributed by atoms with E-state index in [0.717, 1.165) is 19.3 Å². The topological polar surface area (TPSA) is 40.5 Å². The molecule has 0 saturated carbocycles. The first kappa shape index (κ1) is 12.9. The molecular formula is C14H18FNO2. The van der Waals surface area contributed by atoms with Crippen molar-refractivity contribution >= 4 is 11.7 Å². The summed E-state index contributed by atoms with van der Waals surface area (Å²) in [6, 6.07) is 4.67. The molecule has 0 radical (unpaired) electrons. The van der Waals surface area contributed by atoms with Crippen LogP contribution in [0.2, 0.25) is 0 Å². The first-order valence-electron chi connectivity index (χ1n) is 6.36. The number of para-hydroxylation sites is 1. The average molecular weight is 251 g/mol. The van der Waals surface area contributed by atoms with Crippen molar-refractivity contribution in [2.24, 2.45) is 0 Å². The molecule has 1 aliphatic rings. The molecule has 1 aromatic carbocycles. The highest BCUT2D eigenvalue weighted by molar-refractivity contribution is 5.94. The normalized spacial score (nSPS) is 23.4. The van der Waals surface area contributed by atoms with Gasteiger partial charge in [-0.3, -0.25) is 0 Å². The lowest BCUT2D eigenvalue weighted by molar-refractivity contribution is 0.0697. The summed E-state index contributed by atoms with van der Waals surface area (Å²) in [5.41, 5.74) is 0.309. The molecule has 3 nitrogen and oxygen atoms in total. The van der Waals surface area contributed by atoms with Crippen molar-refractivity contribution in [1.29, 1.82) is 0 Å². The molecule has 1 saturated heterocycles. The molecule has 2 atom stereocenters. The van der Waals surface area contributed by atoms with Gasteiger partial charge in [0.1, 0.15) is 5.82 Å². The number of aromatic carboxylic acids is 1. The van der Waals surface area contributed by atoms with Crippen molar-refractivity contribution in [3.8, 4) is 0 Å². The van der Waals surface area contributed by atoms with Gasteiger partial charge in [0.15, 0.2) is 0 Å². The molecule has 0 bridgehead atoms. The van der Waals surface area contributed by atoms with Gasteiger partial charge in [-0.05, 0) is 38.3 Å². The number of carboxylic acids is 1. The van der Waals surface area contributed by atoms with Gasteiger partial charge < -0.3 is 10.0 Å². The Kier molecular flexibility index (Phi) is 3.55. The SMILES string of the molecule is CCC1CCC(C)N1c1c(F)cccc1C(=O)O. The van der Waals surface area contributed by atoms with Gasteiger partial charge in [0, 0.05) is 12.1 Å². The Morgan fingerprint density at radius 3 is 2.83 bits per heavy atom. The van der Waals surface area contributed by atoms with Gasteiger partial charge in [0.25, 0.3) is 0 Å². The molecule has 0 amide bonds. The standard InChI is InChI=1S/C14H18FNO2/c1-3-10-8-7-9(2)16(10)13-11(14(17)18)5-4-6-12(13)15/h4-6,9-10H,3,7-8H2,1-2H3,(H,17,18). The number of anilines is 1. The van der Waals surface area contributed by atoms with E-state index in [1.54, 1.807) is 0 Å². The fourth-order valence-corrected chi connectivity index (χ4v) is 2.83. The molecule has 1 aliphatic heterocycles. The molecule has 4 heteroatoms. The van der Waals surface area contributed by atoms with E-state index in [4.69, 9.17) is 0 Å². The summed E-state index contributed by atoms with van der Waals surface area (Å²) in [5.74, 6) is -1.51. The van der Waals surface area contributed by atoms with Crippen LogP contribution in [0.15, 0.2) is 18.2 Å². The second-order valence-electron chi connectivity index (χ2n) is 4.84. The maximum Gasteiger partial charge on any atom is 0.337 e. The van der Waals surface area contributed by atoms with Crippen LogP contribution >= 0.6 is 0 Å². The summed E-state index contributed by atoms with van der Waals surface area (Å²) in [6.45, 7) is 4.07. The molecule has 0 aliphatic carbocycles. The minimum absolute atomic E-state index is 0.0576. The lowest BCUT2D eigenvalue weighted by atomic mass is 10.1. The van der Waals surface area contributed by atoms with Crippen molar-refractivity contribution in [2.75, 3.05) is 4.90 Å². The van der Waals surface area contributed by atoms with Crippen molar-refractivity contribution < 1.29 is 14.3 Å². The predicted octanol–water partition coefficient (Wildman–Crippen LogP) is 3.29. The molecule has 2 unspecified atom stereocenters. The first-order valence-corrected chi connectivity index (χ1v) is 6.36. The monoisotopic (exact) mass is 251 g/mol. The van der Waals surface area contributed by atoms with Crippen LogP contribution in [0.5, 0.6) is 0 Å². The quantitative estimate of drug-likeness (QED) is 0.896. The summed E-state index contributed by atoms with van der Waals surface area (Å²) < 4.78 is 14.0. The minimum atomic E-state index is -1.07. The smallest absolute Gasteiger partial charge is 0.337 e. The third kappa shape index (κ3) is 2.07. The van der Waals surface area contributed by atoms with Crippen LogP contribution in [-0.2, 0) is 0 Å². The third-order valence-electron chi connectivity index (χ3n) is 3.73. The van der Waals surface area contributed by atoms with Gasteiger partial charge in [0.2, 0.25) is 0 Å². The van der Waals surface area contributed by atoms with Crippen molar-refractivity contribution in [3.63, 3.8) is 0 Å². The number of hydrogen-bond acceptors (Lipinski definition) is 2. The summed E-state index contributed by atoms with van der Waals surface area (Å²) in [4.78, 5) is 13.2. The fraction of sp³-hybridized carbons (Fsp3) is 0.500. The van der Waals surface area contributed by atoms with Crippen molar-refractivity contribution in [1.82, 2.24) is 0 Å². The second-order valence-corrected chi connectivity index (χ2v) is 4.84. The van der Waals surface area contributed by atoms with E-state index in [0.29, 0.717) is 0 Å². The third-order valence-corrected chi connectivity index (χ3v) is 3.73. The Hall–Kier alpha value is -1.58. The van der Waals surface area contributed by atoms with Crippen LogP contribution in [0, 0.1) is 5.82 Å². The highest BCUT2D eigenvalue weighted by Crippen LogP contribution is 2.35. The second kappa shape index (κ2) is 4.96. The lowest BCUT2D eigenvalue weighted by Crippen LogP contribution is -2.36. The fourth-order valence-electron chi connectivity index (χ4n) is 2.83. The van der Waals surface area contributed by atoms with E-state index < -0.39 is 11.8 Å². The van der Waals surface area contributed by atoms with E-state index in [2.05, 4.69) is 6.92 Å². The Bertz CT molecular complexity index is 461. The molecule has 1 aromatic rings. The number of rotatable bonds is 3. The molecular weight excluding hydrogens is 233 g/mol. The number of carbonyl (C=O) groups is 1. The van der Waals surface area contributed by atoms with E-state index in [1.165, 1.54) is 18.2 Å². The van der Waals surface area contributed by atoms with E-state index in [-0.39, 0.29) is 23.3 Å². The average Bonchev–Trinajstić information content (AvgIpc) is 2.70. The Morgan fingerprint density at radius 2 is 2.22 bits per heavy atom. The predicted molar refractivity (Wildman–Crippen MR) is 68.6 cm³/mol. The molecule has 18 heavy (non-hydrogen) atoms. The summed E-state index contributed by atoms with van der Waals surface area (Å²) in [5, 5.41) is 9.20. The van der Waals surface area contributed by atoms with Gasteiger partial charge in [0.05, 0.1) is 11.3 Å². The van der Waals surface area contributed by atoms with Gasteiger partial charge in [-0.2, -0.15) is 0 Å². The van der Waals surface area contributed by atoms with Crippen LogP contribution in [0.4, 0.5) is 10.1 Å². The zero-order valence-corrected chi connectivity index (χ0v) is 10.7. The van der Waals surface area contributed by atoms with E-state index >= 15 is 0 Å². The molecule has 0 spiro atoms. The Morgan fingerprint density at radius 1 is 1.50 bits per heavy atom. The highest BCUT2D eigenvalue weighted by atomic mass is 19.1. The molecule has 0 aromatic heterocycles. The van der Waals surface area contributed by atoms with Crippen LogP contribution < -0.4 is 4.90 Å². The van der Waals surface area contributed by atoms with Crippen LogP contribution in [0.25, 0.3) is 0 Å². The van der Waals surface area contributed by atoms with Gasteiger partial charge in [-0.25, -0.2) is 9.18 Å². The maximum atomic E-state index is 14.0. The molecule has 98 valence electrons. The number of carboxylic acid groups (broad SMARTS) is 1. The number of halogens is 1. The molecule has 2 rings (SSSR count). The number of nitrogens with zero attached hydrogens (tertiary/aromatic N) is 1. The van der Waals surface area contributed by atoms with Crippen molar-refractivity contribution in [2.45, 2.75) is 45.2 Å². The highest BCUT2D eigenvalue weighted by Gasteiger charge is 2.33. The first-order chi connectivity index (χ1) is 8.56. The van der Waals surface area contributed by atoms with E-state index in [9.17, 15) is 14.3 Å². The van der Waals surface area contributed by atoms with Crippen molar-refractivity contribution in [3.05, 3.63) is 29.6 Å². The Balaban J connectivity index is 2.52. The van der Waals surface area contributed by atoms with Gasteiger partial charge >= 0.3 is 5.97 Å². The zero-order valence-electron chi connectivity index (χ0n) is 10.7. The molecule has 1 fully saturated rings. The summed E-state index contributed by atoms with van der Waals surface area (Å²) in [7, 11) is 0. The minimum Gasteiger partial charge on any atom is -0.478 e. The van der Waals surface area contributed by atoms with Gasteiger partial charge in [-0.15, -0.1) is 0 Å². The molecule has 1 heterocycles.